The van der Waals surface area contributed by atoms with Crippen LogP contribution in [0, 0.1) is 0 Å². The minimum atomic E-state index is -3.41. The lowest BCUT2D eigenvalue weighted by Gasteiger charge is -2.09. The standard InChI is InChI=1S/C11H15ClN2O3S/c1-7(2)18(16,17)6-11(15)14-8-3-4-9(12)10(13)5-8/h3-5,7H,6,13H2,1-2H3,(H,14,15). The summed E-state index contributed by atoms with van der Waals surface area (Å²) in [4.78, 5) is 11.6. The van der Waals surface area contributed by atoms with Crippen molar-refractivity contribution in [1.82, 2.24) is 0 Å². The summed E-state index contributed by atoms with van der Waals surface area (Å²) in [5.41, 5.74) is 6.31. The van der Waals surface area contributed by atoms with Crippen molar-refractivity contribution in [2.24, 2.45) is 0 Å². The lowest BCUT2D eigenvalue weighted by Crippen LogP contribution is -2.27. The SMILES string of the molecule is CC(C)S(=O)(=O)CC(=O)Nc1ccc(Cl)c(N)c1. The molecule has 7 heteroatoms. The second kappa shape index (κ2) is 5.58. The van der Waals surface area contributed by atoms with E-state index in [4.69, 9.17) is 17.3 Å². The van der Waals surface area contributed by atoms with Gasteiger partial charge in [-0.1, -0.05) is 11.6 Å². The largest absolute Gasteiger partial charge is 0.397 e. The van der Waals surface area contributed by atoms with Crippen LogP contribution in [-0.2, 0) is 14.6 Å². The number of anilines is 2. The van der Waals surface area contributed by atoms with Gasteiger partial charge in [0.15, 0.2) is 9.84 Å². The highest BCUT2D eigenvalue weighted by atomic mass is 35.5. The molecule has 1 aromatic carbocycles. The van der Waals surface area contributed by atoms with Crippen molar-refractivity contribution in [1.29, 1.82) is 0 Å². The Morgan fingerprint density at radius 1 is 1.44 bits per heavy atom. The van der Waals surface area contributed by atoms with Gasteiger partial charge >= 0.3 is 0 Å². The van der Waals surface area contributed by atoms with Gasteiger partial charge in [0.05, 0.1) is 16.0 Å². The summed E-state index contributed by atoms with van der Waals surface area (Å²) in [5.74, 6) is -1.14. The number of nitrogen functional groups attached to an aromatic ring is 1. The minimum absolute atomic E-state index is 0.321. The quantitative estimate of drug-likeness (QED) is 0.826. The van der Waals surface area contributed by atoms with E-state index in [9.17, 15) is 13.2 Å². The van der Waals surface area contributed by atoms with Gasteiger partial charge in [0.2, 0.25) is 5.91 Å². The Balaban J connectivity index is 2.74. The molecule has 0 heterocycles. The van der Waals surface area contributed by atoms with Gasteiger partial charge in [0, 0.05) is 5.69 Å². The van der Waals surface area contributed by atoms with E-state index < -0.39 is 26.7 Å². The van der Waals surface area contributed by atoms with Crippen LogP contribution in [0.3, 0.4) is 0 Å². The second-order valence-corrected chi connectivity index (χ2v) is 7.10. The average Bonchev–Trinajstić information content (AvgIpc) is 2.22. The van der Waals surface area contributed by atoms with Gasteiger partial charge in [-0.25, -0.2) is 8.42 Å². The Bertz CT molecular complexity index is 555. The van der Waals surface area contributed by atoms with E-state index in [0.717, 1.165) is 0 Å². The van der Waals surface area contributed by atoms with Crippen LogP contribution >= 0.6 is 11.6 Å². The van der Waals surface area contributed by atoms with Gasteiger partial charge in [-0.05, 0) is 32.0 Å². The molecule has 0 bridgehead atoms. The van der Waals surface area contributed by atoms with Crippen LogP contribution in [0.1, 0.15) is 13.8 Å². The van der Waals surface area contributed by atoms with Gasteiger partial charge < -0.3 is 11.1 Å². The number of nitrogens with one attached hydrogen (secondary N) is 1. The highest BCUT2D eigenvalue weighted by Crippen LogP contribution is 2.22. The Morgan fingerprint density at radius 3 is 2.56 bits per heavy atom. The van der Waals surface area contributed by atoms with Crippen molar-refractivity contribution in [2.45, 2.75) is 19.1 Å². The summed E-state index contributed by atoms with van der Waals surface area (Å²) < 4.78 is 23.1. The first-order chi connectivity index (χ1) is 8.22. The number of nitrogens with two attached hydrogens (primary N) is 1. The summed E-state index contributed by atoms with van der Waals surface area (Å²) >= 11 is 5.73. The van der Waals surface area contributed by atoms with Crippen LogP contribution in [0.2, 0.25) is 5.02 Å². The summed E-state index contributed by atoms with van der Waals surface area (Å²) in [5, 5.41) is 2.26. The van der Waals surface area contributed by atoms with E-state index in [-0.39, 0.29) is 0 Å². The number of amides is 1. The van der Waals surface area contributed by atoms with Gasteiger partial charge in [-0.15, -0.1) is 0 Å². The Kier molecular flexibility index (Phi) is 4.59. The van der Waals surface area contributed by atoms with Crippen LogP contribution in [0.5, 0.6) is 0 Å². The monoisotopic (exact) mass is 290 g/mol. The van der Waals surface area contributed by atoms with Gasteiger partial charge in [-0.2, -0.15) is 0 Å². The number of hydrogen-bond donors (Lipinski definition) is 2. The fourth-order valence-electron chi connectivity index (χ4n) is 1.17. The zero-order valence-electron chi connectivity index (χ0n) is 10.1. The molecule has 0 aliphatic rings. The molecule has 0 aromatic heterocycles. The maximum atomic E-state index is 11.6. The Hall–Kier alpha value is -1.27. The average molecular weight is 291 g/mol. The van der Waals surface area contributed by atoms with Crippen molar-refractivity contribution in [2.75, 3.05) is 16.8 Å². The van der Waals surface area contributed by atoms with Crippen molar-refractivity contribution in [3.05, 3.63) is 23.2 Å². The number of rotatable bonds is 4. The summed E-state index contributed by atoms with van der Waals surface area (Å²) in [6, 6.07) is 4.56. The molecule has 1 amide bonds. The normalized spacial score (nSPS) is 11.6. The van der Waals surface area contributed by atoms with Gasteiger partial charge in [-0.3, -0.25) is 4.79 Å². The van der Waals surface area contributed by atoms with Gasteiger partial charge in [0.25, 0.3) is 0 Å². The molecule has 0 atom stereocenters. The first-order valence-electron chi connectivity index (χ1n) is 5.29. The maximum absolute atomic E-state index is 11.6. The van der Waals surface area contributed by atoms with Crippen LogP contribution in [0.4, 0.5) is 11.4 Å². The molecule has 0 saturated heterocycles. The predicted octanol–water partition coefficient (Wildman–Crippen LogP) is 1.68. The van der Waals surface area contributed by atoms with E-state index in [1.165, 1.54) is 26.0 Å². The van der Waals surface area contributed by atoms with E-state index in [1.54, 1.807) is 6.07 Å². The van der Waals surface area contributed by atoms with E-state index >= 15 is 0 Å². The Labute approximate surface area is 111 Å². The molecule has 5 nitrogen and oxygen atoms in total. The van der Waals surface area contributed by atoms with Crippen molar-refractivity contribution in [3.8, 4) is 0 Å². The fraction of sp³-hybridized carbons (Fsp3) is 0.364. The highest BCUT2D eigenvalue weighted by Gasteiger charge is 2.20. The van der Waals surface area contributed by atoms with E-state index in [0.29, 0.717) is 16.4 Å². The Morgan fingerprint density at radius 2 is 2.06 bits per heavy atom. The second-order valence-electron chi connectivity index (χ2n) is 4.14. The van der Waals surface area contributed by atoms with Crippen LogP contribution in [0.25, 0.3) is 0 Å². The number of halogens is 1. The molecule has 0 spiro atoms. The topological polar surface area (TPSA) is 89.3 Å². The van der Waals surface area contributed by atoms with Crippen molar-refractivity contribution < 1.29 is 13.2 Å². The third kappa shape index (κ3) is 3.89. The summed E-state index contributed by atoms with van der Waals surface area (Å²) in [6.45, 7) is 3.06. The van der Waals surface area contributed by atoms with Gasteiger partial charge in [0.1, 0.15) is 5.75 Å². The molecule has 1 rings (SSSR count). The summed E-state index contributed by atoms with van der Waals surface area (Å²) in [7, 11) is -3.41. The molecular formula is C11H15ClN2O3S. The molecule has 1 aromatic rings. The number of carbonyl (C=O) groups excluding carboxylic acids is 1. The zero-order chi connectivity index (χ0) is 13.9. The van der Waals surface area contributed by atoms with Crippen LogP contribution in [0.15, 0.2) is 18.2 Å². The first kappa shape index (κ1) is 14.8. The number of benzene rings is 1. The lowest BCUT2D eigenvalue weighted by molar-refractivity contribution is -0.113. The third-order valence-electron chi connectivity index (χ3n) is 2.33. The molecule has 0 fully saturated rings. The molecular weight excluding hydrogens is 276 g/mol. The summed E-state index contributed by atoms with van der Waals surface area (Å²) in [6.07, 6.45) is 0. The van der Waals surface area contributed by atoms with E-state index in [1.807, 2.05) is 0 Å². The first-order valence-corrected chi connectivity index (χ1v) is 7.38. The van der Waals surface area contributed by atoms with Crippen LogP contribution in [-0.4, -0.2) is 25.3 Å². The predicted molar refractivity (Wildman–Crippen MR) is 73.4 cm³/mol. The van der Waals surface area contributed by atoms with Crippen molar-refractivity contribution >= 4 is 38.7 Å². The fourth-order valence-corrected chi connectivity index (χ4v) is 2.06. The molecule has 3 N–H and O–H groups in total. The molecule has 0 aliphatic heterocycles. The van der Waals surface area contributed by atoms with E-state index in [2.05, 4.69) is 5.32 Å². The number of carbonyl (C=O) groups is 1. The molecule has 100 valence electrons. The molecule has 0 radical (unpaired) electrons. The number of hydrogen-bond acceptors (Lipinski definition) is 4. The molecule has 18 heavy (non-hydrogen) atoms. The lowest BCUT2D eigenvalue weighted by atomic mass is 10.3. The highest BCUT2D eigenvalue weighted by molar-refractivity contribution is 7.92. The van der Waals surface area contributed by atoms with Crippen molar-refractivity contribution in [3.63, 3.8) is 0 Å². The number of sulfone groups is 1. The minimum Gasteiger partial charge on any atom is -0.397 e. The smallest absolute Gasteiger partial charge is 0.239 e. The third-order valence-corrected chi connectivity index (χ3v) is 4.78. The molecule has 0 saturated carbocycles. The maximum Gasteiger partial charge on any atom is 0.239 e. The van der Waals surface area contributed by atoms with Crippen LogP contribution < -0.4 is 11.1 Å². The zero-order valence-corrected chi connectivity index (χ0v) is 11.7. The molecule has 0 aliphatic carbocycles. The molecule has 0 unspecified atom stereocenters.